The molecule has 0 heterocycles. The van der Waals surface area contributed by atoms with Crippen LogP contribution in [0.3, 0.4) is 0 Å². The third-order valence-electron chi connectivity index (χ3n) is 3.67. The van der Waals surface area contributed by atoms with Crippen LogP contribution in [0.2, 0.25) is 0 Å². The Balaban J connectivity index is 2.42. The van der Waals surface area contributed by atoms with E-state index in [1.165, 1.54) is 11.1 Å². The number of phenols is 1. The molecule has 0 radical (unpaired) electrons. The summed E-state index contributed by atoms with van der Waals surface area (Å²) in [7, 11) is 0. The van der Waals surface area contributed by atoms with Crippen molar-refractivity contribution in [3.05, 3.63) is 51.5 Å². The predicted octanol–water partition coefficient (Wildman–Crippen LogP) is 6.48. The number of rotatable bonds is 2. The van der Waals surface area contributed by atoms with Gasteiger partial charge in [-0.15, -0.1) is 5.11 Å². The maximum absolute atomic E-state index is 10.2. The largest absolute Gasteiger partial charge is 0.505 e. The number of azo groups is 1. The number of phenolic OH excluding ortho intramolecular Hbond substituents is 1. The molecule has 0 aromatic heterocycles. The average Bonchev–Trinajstić information content (AvgIpc) is 2.42. The molecule has 0 atom stereocenters. The van der Waals surface area contributed by atoms with Crippen LogP contribution in [-0.2, 0) is 5.41 Å². The molecule has 2 rings (SSSR count). The molecule has 0 aliphatic heterocycles. The number of aryl methyl sites for hydroxylation is 2. The molecule has 3 nitrogen and oxygen atoms in total. The van der Waals surface area contributed by atoms with Crippen LogP contribution in [0.15, 0.2) is 45.0 Å². The first-order chi connectivity index (χ1) is 10.2. The van der Waals surface area contributed by atoms with Gasteiger partial charge in [0.05, 0.1) is 10.2 Å². The lowest BCUT2D eigenvalue weighted by Crippen LogP contribution is -2.10. The van der Waals surface area contributed by atoms with Crippen LogP contribution < -0.4 is 0 Å². The summed E-state index contributed by atoms with van der Waals surface area (Å²) in [5.74, 6) is 0.112. The Labute approximate surface area is 140 Å². The molecule has 0 bridgehead atoms. The molecular formula is C18H21BrN2O. The molecule has 0 amide bonds. The Hall–Kier alpha value is -1.68. The minimum atomic E-state index is -0.0268. The molecule has 0 saturated carbocycles. The molecule has 0 saturated heterocycles. The molecule has 1 N–H and O–H groups in total. The van der Waals surface area contributed by atoms with Gasteiger partial charge in [-0.1, -0.05) is 26.8 Å². The van der Waals surface area contributed by atoms with Crippen molar-refractivity contribution in [2.75, 3.05) is 0 Å². The molecular weight excluding hydrogens is 340 g/mol. The fourth-order valence-electron chi connectivity index (χ4n) is 1.99. The molecule has 4 heteroatoms. The fourth-order valence-corrected chi connectivity index (χ4v) is 2.44. The van der Waals surface area contributed by atoms with Gasteiger partial charge >= 0.3 is 0 Å². The first-order valence-corrected chi connectivity index (χ1v) is 8.00. The van der Waals surface area contributed by atoms with Crippen molar-refractivity contribution in [3.8, 4) is 5.75 Å². The van der Waals surface area contributed by atoms with E-state index in [1.807, 2.05) is 37.3 Å². The van der Waals surface area contributed by atoms with Crippen LogP contribution >= 0.6 is 15.9 Å². The summed E-state index contributed by atoms with van der Waals surface area (Å²) in [6.45, 7) is 10.5. The summed E-state index contributed by atoms with van der Waals surface area (Å²) >= 11 is 3.39. The third kappa shape index (κ3) is 3.74. The molecule has 0 spiro atoms. The maximum atomic E-state index is 10.2. The Bertz CT molecular complexity index is 731. The Morgan fingerprint density at radius 2 is 1.64 bits per heavy atom. The van der Waals surface area contributed by atoms with Gasteiger partial charge in [-0.2, -0.15) is 5.11 Å². The highest BCUT2D eigenvalue weighted by atomic mass is 79.9. The standard InChI is InChI=1S/C18H21BrN2O/c1-11-6-7-14(8-12(11)2)20-21-16-10-13(18(3,4)5)9-15(19)17(16)22/h6-10,22H,1-5H3. The van der Waals surface area contributed by atoms with E-state index in [2.05, 4.69) is 53.9 Å². The molecule has 0 aliphatic carbocycles. The van der Waals surface area contributed by atoms with Crippen LogP contribution in [-0.4, -0.2) is 5.11 Å². The smallest absolute Gasteiger partial charge is 0.157 e. The maximum Gasteiger partial charge on any atom is 0.157 e. The number of benzene rings is 2. The second-order valence-corrected chi connectivity index (χ2v) is 7.40. The molecule has 0 unspecified atom stereocenters. The van der Waals surface area contributed by atoms with Crippen molar-refractivity contribution >= 4 is 27.3 Å². The minimum absolute atomic E-state index is 0.0268. The topological polar surface area (TPSA) is 45.0 Å². The summed E-state index contributed by atoms with van der Waals surface area (Å²) in [5.41, 5.74) is 4.70. The number of nitrogens with zero attached hydrogens (tertiary/aromatic N) is 2. The lowest BCUT2D eigenvalue weighted by Gasteiger charge is -2.20. The monoisotopic (exact) mass is 360 g/mol. The SMILES string of the molecule is Cc1ccc(N=Nc2cc(C(C)(C)C)cc(Br)c2O)cc1C. The summed E-state index contributed by atoms with van der Waals surface area (Å²) in [4.78, 5) is 0. The third-order valence-corrected chi connectivity index (χ3v) is 4.28. The van der Waals surface area contributed by atoms with E-state index in [4.69, 9.17) is 0 Å². The zero-order chi connectivity index (χ0) is 16.5. The van der Waals surface area contributed by atoms with Gasteiger partial charge in [0.1, 0.15) is 5.69 Å². The van der Waals surface area contributed by atoms with Crippen molar-refractivity contribution in [2.24, 2.45) is 10.2 Å². The summed E-state index contributed by atoms with van der Waals surface area (Å²) in [6, 6.07) is 9.73. The zero-order valence-electron chi connectivity index (χ0n) is 13.6. The minimum Gasteiger partial charge on any atom is -0.505 e. The van der Waals surface area contributed by atoms with Gasteiger partial charge in [0.15, 0.2) is 5.75 Å². The normalized spacial score (nSPS) is 12.1. The molecule has 2 aromatic carbocycles. The predicted molar refractivity (Wildman–Crippen MR) is 94.6 cm³/mol. The number of hydrogen-bond acceptors (Lipinski definition) is 3. The van der Waals surface area contributed by atoms with Gasteiger partial charge in [-0.25, -0.2) is 0 Å². The van der Waals surface area contributed by atoms with E-state index in [9.17, 15) is 5.11 Å². The highest BCUT2D eigenvalue weighted by Gasteiger charge is 2.18. The second kappa shape index (κ2) is 6.21. The molecule has 0 fully saturated rings. The second-order valence-electron chi connectivity index (χ2n) is 6.54. The Morgan fingerprint density at radius 3 is 2.23 bits per heavy atom. The summed E-state index contributed by atoms with van der Waals surface area (Å²) < 4.78 is 0.633. The summed E-state index contributed by atoms with van der Waals surface area (Å²) in [5, 5.41) is 18.6. The summed E-state index contributed by atoms with van der Waals surface area (Å²) in [6.07, 6.45) is 0. The van der Waals surface area contributed by atoms with E-state index in [1.54, 1.807) is 0 Å². The molecule has 0 aliphatic rings. The number of hydrogen-bond donors (Lipinski definition) is 1. The van der Waals surface area contributed by atoms with Gasteiger partial charge in [0, 0.05) is 0 Å². The average molecular weight is 361 g/mol. The van der Waals surface area contributed by atoms with Crippen molar-refractivity contribution in [2.45, 2.75) is 40.0 Å². The number of halogens is 1. The van der Waals surface area contributed by atoms with Crippen LogP contribution in [0.4, 0.5) is 11.4 Å². The first-order valence-electron chi connectivity index (χ1n) is 7.20. The van der Waals surface area contributed by atoms with Gasteiger partial charge < -0.3 is 5.11 Å². The van der Waals surface area contributed by atoms with Crippen molar-refractivity contribution in [1.29, 1.82) is 0 Å². The highest BCUT2D eigenvalue weighted by Crippen LogP contribution is 2.39. The highest BCUT2D eigenvalue weighted by molar-refractivity contribution is 9.10. The van der Waals surface area contributed by atoms with Crippen LogP contribution in [0, 0.1) is 13.8 Å². The Morgan fingerprint density at radius 1 is 0.955 bits per heavy atom. The van der Waals surface area contributed by atoms with Crippen molar-refractivity contribution in [1.82, 2.24) is 0 Å². The van der Waals surface area contributed by atoms with Gasteiger partial charge in [-0.05, 0) is 76.1 Å². The van der Waals surface area contributed by atoms with Gasteiger partial charge in [0.2, 0.25) is 0 Å². The van der Waals surface area contributed by atoms with E-state index in [-0.39, 0.29) is 11.2 Å². The fraction of sp³-hybridized carbons (Fsp3) is 0.333. The molecule has 116 valence electrons. The van der Waals surface area contributed by atoms with E-state index < -0.39 is 0 Å². The lowest BCUT2D eigenvalue weighted by molar-refractivity contribution is 0.471. The molecule has 2 aromatic rings. The van der Waals surface area contributed by atoms with Gasteiger partial charge in [0.25, 0.3) is 0 Å². The first kappa shape index (κ1) is 16.7. The van der Waals surface area contributed by atoms with Crippen LogP contribution in [0.25, 0.3) is 0 Å². The van der Waals surface area contributed by atoms with Crippen molar-refractivity contribution in [3.63, 3.8) is 0 Å². The lowest BCUT2D eigenvalue weighted by atomic mass is 9.87. The van der Waals surface area contributed by atoms with E-state index in [0.29, 0.717) is 10.2 Å². The van der Waals surface area contributed by atoms with Crippen LogP contribution in [0.5, 0.6) is 5.75 Å². The Kier molecular flexibility index (Phi) is 4.71. The molecule has 22 heavy (non-hydrogen) atoms. The van der Waals surface area contributed by atoms with Crippen molar-refractivity contribution < 1.29 is 5.11 Å². The van der Waals surface area contributed by atoms with E-state index in [0.717, 1.165) is 11.3 Å². The number of aromatic hydroxyl groups is 1. The van der Waals surface area contributed by atoms with Gasteiger partial charge in [-0.3, -0.25) is 0 Å². The van der Waals surface area contributed by atoms with E-state index >= 15 is 0 Å². The zero-order valence-corrected chi connectivity index (χ0v) is 15.2. The quantitative estimate of drug-likeness (QED) is 0.611. The van der Waals surface area contributed by atoms with Crippen LogP contribution in [0.1, 0.15) is 37.5 Å².